The van der Waals surface area contributed by atoms with Crippen LogP contribution in [0.3, 0.4) is 0 Å². The maximum atomic E-state index is 11.3. The first-order valence-corrected chi connectivity index (χ1v) is 6.29. The third kappa shape index (κ3) is 6.41. The second-order valence-electron chi connectivity index (χ2n) is 4.21. The minimum atomic E-state index is 0.149. The third-order valence-electron chi connectivity index (χ3n) is 2.58. The number of guanidine groups is 1. The lowest BCUT2D eigenvalue weighted by molar-refractivity contribution is -0.122. The summed E-state index contributed by atoms with van der Waals surface area (Å²) in [4.78, 5) is 15.6. The van der Waals surface area contributed by atoms with Gasteiger partial charge < -0.3 is 15.4 Å². The van der Waals surface area contributed by atoms with E-state index in [-0.39, 0.29) is 11.8 Å². The highest BCUT2D eigenvalue weighted by molar-refractivity contribution is 5.81. The summed E-state index contributed by atoms with van der Waals surface area (Å²) in [6.07, 6.45) is 2.90. The minimum absolute atomic E-state index is 0.149. The van der Waals surface area contributed by atoms with Gasteiger partial charge in [-0.25, -0.2) is 5.84 Å². The van der Waals surface area contributed by atoms with Crippen LogP contribution in [0.15, 0.2) is 4.99 Å². The second kappa shape index (κ2) is 8.71. The molecule has 1 saturated carbocycles. The molecule has 1 aliphatic rings. The molecule has 0 aliphatic heterocycles. The van der Waals surface area contributed by atoms with Crippen molar-refractivity contribution >= 4 is 11.9 Å². The molecule has 0 bridgehead atoms. The van der Waals surface area contributed by atoms with Gasteiger partial charge in [0.25, 0.3) is 0 Å². The van der Waals surface area contributed by atoms with Crippen LogP contribution in [-0.2, 0) is 9.53 Å². The van der Waals surface area contributed by atoms with Gasteiger partial charge in [0.1, 0.15) is 0 Å². The number of carbonyl (C=O) groups is 1. The van der Waals surface area contributed by atoms with Gasteiger partial charge in [-0.3, -0.25) is 15.2 Å². The minimum Gasteiger partial charge on any atom is -0.385 e. The van der Waals surface area contributed by atoms with Crippen LogP contribution in [-0.4, -0.2) is 45.2 Å². The predicted molar refractivity (Wildman–Crippen MR) is 69.9 cm³/mol. The van der Waals surface area contributed by atoms with Crippen LogP contribution < -0.4 is 21.9 Å². The van der Waals surface area contributed by atoms with Crippen molar-refractivity contribution in [3.8, 4) is 0 Å². The Morgan fingerprint density at radius 1 is 1.39 bits per heavy atom. The van der Waals surface area contributed by atoms with E-state index in [1.807, 2.05) is 0 Å². The molecule has 7 heteroatoms. The molecule has 1 rings (SSSR count). The molecule has 1 aliphatic carbocycles. The van der Waals surface area contributed by atoms with Gasteiger partial charge in [-0.2, -0.15) is 0 Å². The van der Waals surface area contributed by atoms with Gasteiger partial charge in [-0.05, 0) is 19.3 Å². The lowest BCUT2D eigenvalue weighted by Gasteiger charge is -2.09. The first-order chi connectivity index (χ1) is 8.77. The summed E-state index contributed by atoms with van der Waals surface area (Å²) < 4.78 is 4.92. The van der Waals surface area contributed by atoms with E-state index >= 15 is 0 Å². The van der Waals surface area contributed by atoms with E-state index in [9.17, 15) is 4.79 Å². The number of nitrogens with zero attached hydrogens (tertiary/aromatic N) is 1. The number of hydrogen-bond acceptors (Lipinski definition) is 4. The number of hydrogen-bond donors (Lipinski definition) is 4. The molecule has 0 unspecified atom stereocenters. The standard InChI is InChI=1S/C11H23N5O2/c1-18-8-2-5-14-11(16-12)15-7-6-13-10(17)9-3-4-9/h9H,2-8,12H2,1H3,(H,13,17)(H2,14,15,16). The average molecular weight is 257 g/mol. The number of aliphatic imine (C=N–C) groups is 1. The predicted octanol–water partition coefficient (Wildman–Crippen LogP) is -1.04. The average Bonchev–Trinajstić information content (AvgIpc) is 3.21. The fourth-order valence-electron chi connectivity index (χ4n) is 1.41. The zero-order chi connectivity index (χ0) is 13.2. The van der Waals surface area contributed by atoms with Gasteiger partial charge in [-0.15, -0.1) is 0 Å². The number of methoxy groups -OCH3 is 1. The van der Waals surface area contributed by atoms with Crippen molar-refractivity contribution in [3.05, 3.63) is 0 Å². The molecule has 0 spiro atoms. The van der Waals surface area contributed by atoms with Crippen LogP contribution in [0, 0.1) is 5.92 Å². The van der Waals surface area contributed by atoms with Gasteiger partial charge >= 0.3 is 0 Å². The Hall–Kier alpha value is -1.34. The lowest BCUT2D eigenvalue weighted by Crippen LogP contribution is -2.44. The Morgan fingerprint density at radius 3 is 2.72 bits per heavy atom. The van der Waals surface area contributed by atoms with Crippen molar-refractivity contribution in [3.63, 3.8) is 0 Å². The number of hydrazine groups is 1. The van der Waals surface area contributed by atoms with Crippen LogP contribution >= 0.6 is 0 Å². The Labute approximate surface area is 108 Å². The Bertz CT molecular complexity index is 279. The number of ether oxygens (including phenoxy) is 1. The van der Waals surface area contributed by atoms with Crippen molar-refractivity contribution in [2.24, 2.45) is 16.8 Å². The Balaban J connectivity index is 2.04. The Morgan fingerprint density at radius 2 is 2.11 bits per heavy atom. The SMILES string of the molecule is COCCCN=C(NN)NCCNC(=O)C1CC1. The largest absolute Gasteiger partial charge is 0.385 e. The molecule has 0 saturated heterocycles. The molecule has 1 fully saturated rings. The monoisotopic (exact) mass is 257 g/mol. The van der Waals surface area contributed by atoms with Gasteiger partial charge in [0.2, 0.25) is 11.9 Å². The summed E-state index contributed by atoms with van der Waals surface area (Å²) in [5, 5.41) is 5.87. The van der Waals surface area contributed by atoms with Gasteiger partial charge in [0, 0.05) is 39.3 Å². The van der Waals surface area contributed by atoms with Crippen molar-refractivity contribution in [2.45, 2.75) is 19.3 Å². The van der Waals surface area contributed by atoms with Crippen LogP contribution in [0.25, 0.3) is 0 Å². The molecular formula is C11H23N5O2. The van der Waals surface area contributed by atoms with Crippen LogP contribution in [0.2, 0.25) is 0 Å². The van der Waals surface area contributed by atoms with E-state index in [0.717, 1.165) is 19.3 Å². The van der Waals surface area contributed by atoms with Crippen molar-refractivity contribution in [1.29, 1.82) is 0 Å². The van der Waals surface area contributed by atoms with E-state index in [1.54, 1.807) is 7.11 Å². The molecule has 0 aromatic rings. The zero-order valence-electron chi connectivity index (χ0n) is 10.9. The fourth-order valence-corrected chi connectivity index (χ4v) is 1.41. The number of nitrogens with one attached hydrogen (secondary N) is 3. The molecule has 0 radical (unpaired) electrons. The van der Waals surface area contributed by atoms with Crippen LogP contribution in [0.5, 0.6) is 0 Å². The van der Waals surface area contributed by atoms with E-state index in [1.165, 1.54) is 0 Å². The zero-order valence-corrected chi connectivity index (χ0v) is 10.9. The maximum absolute atomic E-state index is 11.3. The topological polar surface area (TPSA) is 101 Å². The second-order valence-corrected chi connectivity index (χ2v) is 4.21. The number of amides is 1. The number of rotatable bonds is 8. The van der Waals surface area contributed by atoms with Gasteiger partial charge in [0.05, 0.1) is 0 Å². The number of carbonyl (C=O) groups excluding carboxylic acids is 1. The third-order valence-corrected chi connectivity index (χ3v) is 2.58. The molecular weight excluding hydrogens is 234 g/mol. The van der Waals surface area contributed by atoms with Crippen LogP contribution in [0.4, 0.5) is 0 Å². The molecule has 7 nitrogen and oxygen atoms in total. The van der Waals surface area contributed by atoms with E-state index in [4.69, 9.17) is 10.6 Å². The van der Waals surface area contributed by atoms with Crippen molar-refractivity contribution < 1.29 is 9.53 Å². The van der Waals surface area contributed by atoms with E-state index in [0.29, 0.717) is 32.2 Å². The molecule has 0 aromatic carbocycles. The molecule has 18 heavy (non-hydrogen) atoms. The fraction of sp³-hybridized carbons (Fsp3) is 0.818. The smallest absolute Gasteiger partial charge is 0.223 e. The Kier molecular flexibility index (Phi) is 7.12. The number of nitrogens with two attached hydrogens (primary N) is 1. The highest BCUT2D eigenvalue weighted by atomic mass is 16.5. The summed E-state index contributed by atoms with van der Waals surface area (Å²) in [6.45, 7) is 2.51. The summed E-state index contributed by atoms with van der Waals surface area (Å²) in [5.74, 6) is 6.26. The van der Waals surface area contributed by atoms with Crippen LogP contribution in [0.1, 0.15) is 19.3 Å². The summed E-state index contributed by atoms with van der Waals surface area (Å²) in [7, 11) is 1.66. The highest BCUT2D eigenvalue weighted by Crippen LogP contribution is 2.28. The van der Waals surface area contributed by atoms with Crippen molar-refractivity contribution in [1.82, 2.24) is 16.1 Å². The molecule has 5 N–H and O–H groups in total. The van der Waals surface area contributed by atoms with E-state index in [2.05, 4.69) is 21.1 Å². The molecule has 1 amide bonds. The quantitative estimate of drug-likeness (QED) is 0.146. The molecule has 0 atom stereocenters. The highest BCUT2D eigenvalue weighted by Gasteiger charge is 2.28. The first kappa shape index (κ1) is 14.7. The molecule has 0 heterocycles. The normalized spacial score (nSPS) is 15.3. The lowest BCUT2D eigenvalue weighted by atomic mass is 10.4. The first-order valence-electron chi connectivity index (χ1n) is 6.29. The summed E-state index contributed by atoms with van der Waals surface area (Å²) >= 11 is 0. The van der Waals surface area contributed by atoms with Crippen molar-refractivity contribution in [2.75, 3.05) is 33.4 Å². The molecule has 104 valence electrons. The summed E-state index contributed by atoms with van der Waals surface area (Å²) in [6, 6.07) is 0. The van der Waals surface area contributed by atoms with Gasteiger partial charge in [0.15, 0.2) is 0 Å². The molecule has 0 aromatic heterocycles. The van der Waals surface area contributed by atoms with E-state index < -0.39 is 0 Å². The van der Waals surface area contributed by atoms with Gasteiger partial charge in [-0.1, -0.05) is 0 Å². The maximum Gasteiger partial charge on any atom is 0.223 e. The summed E-state index contributed by atoms with van der Waals surface area (Å²) in [5.41, 5.74) is 2.49.